The first-order chi connectivity index (χ1) is 9.16. The number of benzene rings is 1. The molecule has 1 aromatic rings. The molecule has 1 fully saturated rings. The SMILES string of the molecule is O=C(O)c1cccc(C(=O)NCCC2CCOC2)c1. The Hall–Kier alpha value is -1.88. The van der Waals surface area contributed by atoms with E-state index in [0.29, 0.717) is 18.0 Å². The fourth-order valence-corrected chi connectivity index (χ4v) is 2.10. The molecule has 0 aliphatic carbocycles. The molecule has 19 heavy (non-hydrogen) atoms. The summed E-state index contributed by atoms with van der Waals surface area (Å²) in [6.45, 7) is 2.16. The van der Waals surface area contributed by atoms with Crippen LogP contribution in [0.15, 0.2) is 24.3 Å². The molecule has 1 saturated heterocycles. The average molecular weight is 263 g/mol. The molecule has 0 saturated carbocycles. The lowest BCUT2D eigenvalue weighted by Gasteiger charge is -2.09. The zero-order valence-electron chi connectivity index (χ0n) is 10.6. The predicted molar refractivity (Wildman–Crippen MR) is 69.3 cm³/mol. The number of nitrogens with one attached hydrogen (secondary N) is 1. The summed E-state index contributed by atoms with van der Waals surface area (Å²) in [7, 11) is 0. The van der Waals surface area contributed by atoms with Crippen molar-refractivity contribution in [1.29, 1.82) is 0 Å². The lowest BCUT2D eigenvalue weighted by molar-refractivity contribution is 0.0697. The van der Waals surface area contributed by atoms with Crippen LogP contribution in [-0.4, -0.2) is 36.7 Å². The van der Waals surface area contributed by atoms with Crippen LogP contribution < -0.4 is 5.32 Å². The fraction of sp³-hybridized carbons (Fsp3) is 0.429. The van der Waals surface area contributed by atoms with Gasteiger partial charge in [0.15, 0.2) is 0 Å². The molecule has 0 bridgehead atoms. The van der Waals surface area contributed by atoms with E-state index in [2.05, 4.69) is 5.32 Å². The van der Waals surface area contributed by atoms with Crippen molar-refractivity contribution in [2.75, 3.05) is 19.8 Å². The molecule has 1 aliphatic rings. The van der Waals surface area contributed by atoms with Gasteiger partial charge in [-0.1, -0.05) is 6.07 Å². The van der Waals surface area contributed by atoms with Crippen molar-refractivity contribution in [3.8, 4) is 0 Å². The molecule has 1 unspecified atom stereocenters. The van der Waals surface area contributed by atoms with E-state index in [1.807, 2.05) is 0 Å². The molecule has 2 N–H and O–H groups in total. The first-order valence-electron chi connectivity index (χ1n) is 6.36. The van der Waals surface area contributed by atoms with E-state index in [0.717, 1.165) is 26.1 Å². The number of carbonyl (C=O) groups is 2. The van der Waals surface area contributed by atoms with E-state index < -0.39 is 5.97 Å². The van der Waals surface area contributed by atoms with Gasteiger partial charge in [0.1, 0.15) is 0 Å². The molecular formula is C14H17NO4. The third-order valence-electron chi connectivity index (χ3n) is 3.23. The molecule has 1 heterocycles. The Morgan fingerprint density at radius 2 is 2.16 bits per heavy atom. The molecule has 1 aromatic carbocycles. The Balaban J connectivity index is 1.85. The van der Waals surface area contributed by atoms with Gasteiger partial charge in [0.2, 0.25) is 0 Å². The van der Waals surface area contributed by atoms with Gasteiger partial charge in [-0.2, -0.15) is 0 Å². The maximum Gasteiger partial charge on any atom is 0.335 e. The largest absolute Gasteiger partial charge is 0.478 e. The van der Waals surface area contributed by atoms with E-state index in [-0.39, 0.29) is 11.5 Å². The van der Waals surface area contributed by atoms with Gasteiger partial charge in [0.25, 0.3) is 5.91 Å². The van der Waals surface area contributed by atoms with Crippen LogP contribution in [0.1, 0.15) is 33.6 Å². The smallest absolute Gasteiger partial charge is 0.335 e. The normalized spacial score (nSPS) is 18.2. The van der Waals surface area contributed by atoms with Crippen molar-refractivity contribution in [2.45, 2.75) is 12.8 Å². The fourth-order valence-electron chi connectivity index (χ4n) is 2.10. The Morgan fingerprint density at radius 1 is 1.37 bits per heavy atom. The molecule has 1 amide bonds. The van der Waals surface area contributed by atoms with E-state index >= 15 is 0 Å². The first-order valence-corrected chi connectivity index (χ1v) is 6.36. The van der Waals surface area contributed by atoms with Crippen LogP contribution in [0, 0.1) is 5.92 Å². The molecule has 5 heteroatoms. The molecule has 0 spiro atoms. The molecule has 0 aromatic heterocycles. The van der Waals surface area contributed by atoms with Crippen LogP contribution in [0.2, 0.25) is 0 Å². The van der Waals surface area contributed by atoms with E-state index in [9.17, 15) is 9.59 Å². The monoisotopic (exact) mass is 263 g/mol. The highest BCUT2D eigenvalue weighted by molar-refractivity contribution is 5.97. The summed E-state index contributed by atoms with van der Waals surface area (Å²) in [5, 5.41) is 11.7. The number of ether oxygens (including phenoxy) is 1. The van der Waals surface area contributed by atoms with E-state index in [4.69, 9.17) is 9.84 Å². The van der Waals surface area contributed by atoms with Crippen molar-refractivity contribution < 1.29 is 19.4 Å². The molecule has 0 radical (unpaired) electrons. The highest BCUT2D eigenvalue weighted by Gasteiger charge is 2.15. The van der Waals surface area contributed by atoms with Crippen LogP contribution in [0.4, 0.5) is 0 Å². The number of hydrogen-bond donors (Lipinski definition) is 2. The van der Waals surface area contributed by atoms with Crippen molar-refractivity contribution in [2.24, 2.45) is 5.92 Å². The quantitative estimate of drug-likeness (QED) is 0.845. The number of amides is 1. The Kier molecular flexibility index (Phi) is 4.52. The number of hydrogen-bond acceptors (Lipinski definition) is 3. The molecular weight excluding hydrogens is 246 g/mol. The van der Waals surface area contributed by atoms with Gasteiger partial charge in [0, 0.05) is 25.3 Å². The maximum absolute atomic E-state index is 11.9. The second-order valence-corrected chi connectivity index (χ2v) is 4.66. The number of carbonyl (C=O) groups excluding carboxylic acids is 1. The molecule has 5 nitrogen and oxygen atoms in total. The first kappa shape index (κ1) is 13.5. The van der Waals surface area contributed by atoms with Crippen LogP contribution in [0.5, 0.6) is 0 Å². The highest BCUT2D eigenvalue weighted by atomic mass is 16.5. The second kappa shape index (κ2) is 6.33. The van der Waals surface area contributed by atoms with Crippen molar-refractivity contribution in [1.82, 2.24) is 5.32 Å². The summed E-state index contributed by atoms with van der Waals surface area (Å²) in [5.41, 5.74) is 0.499. The number of carboxylic acid groups (broad SMARTS) is 1. The number of rotatable bonds is 5. The summed E-state index contributed by atoms with van der Waals surface area (Å²) >= 11 is 0. The van der Waals surface area contributed by atoms with Crippen molar-refractivity contribution in [3.05, 3.63) is 35.4 Å². The van der Waals surface area contributed by atoms with Crippen LogP contribution in [0.3, 0.4) is 0 Å². The summed E-state index contributed by atoms with van der Waals surface area (Å²) < 4.78 is 5.26. The van der Waals surface area contributed by atoms with E-state index in [1.54, 1.807) is 12.1 Å². The van der Waals surface area contributed by atoms with Gasteiger partial charge in [-0.05, 0) is 37.0 Å². The third kappa shape index (κ3) is 3.79. The van der Waals surface area contributed by atoms with Crippen LogP contribution in [-0.2, 0) is 4.74 Å². The summed E-state index contributed by atoms with van der Waals surface area (Å²) in [5.74, 6) is -0.745. The predicted octanol–water partition coefficient (Wildman–Crippen LogP) is 1.54. The van der Waals surface area contributed by atoms with E-state index in [1.165, 1.54) is 12.1 Å². The van der Waals surface area contributed by atoms with Gasteiger partial charge in [-0.3, -0.25) is 4.79 Å². The Morgan fingerprint density at radius 3 is 2.84 bits per heavy atom. The molecule has 1 aliphatic heterocycles. The Labute approximate surface area is 111 Å². The molecule has 1 atom stereocenters. The molecule has 102 valence electrons. The minimum absolute atomic E-state index is 0.122. The number of carboxylic acids is 1. The van der Waals surface area contributed by atoms with Gasteiger partial charge in [0.05, 0.1) is 5.56 Å². The van der Waals surface area contributed by atoms with Gasteiger partial charge < -0.3 is 15.2 Å². The van der Waals surface area contributed by atoms with Crippen molar-refractivity contribution >= 4 is 11.9 Å². The third-order valence-corrected chi connectivity index (χ3v) is 3.23. The van der Waals surface area contributed by atoms with Crippen LogP contribution >= 0.6 is 0 Å². The lowest BCUT2D eigenvalue weighted by Crippen LogP contribution is -2.26. The van der Waals surface area contributed by atoms with Gasteiger partial charge >= 0.3 is 5.97 Å². The lowest BCUT2D eigenvalue weighted by atomic mass is 10.1. The second-order valence-electron chi connectivity index (χ2n) is 4.66. The highest BCUT2D eigenvalue weighted by Crippen LogP contribution is 2.15. The maximum atomic E-state index is 11.9. The standard InChI is InChI=1S/C14H17NO4/c16-13(15-6-4-10-5-7-19-9-10)11-2-1-3-12(8-11)14(17)18/h1-3,8,10H,4-7,9H2,(H,15,16)(H,17,18). The van der Waals surface area contributed by atoms with Gasteiger partial charge in [-0.25, -0.2) is 4.79 Å². The minimum Gasteiger partial charge on any atom is -0.478 e. The zero-order valence-corrected chi connectivity index (χ0v) is 10.6. The van der Waals surface area contributed by atoms with Gasteiger partial charge in [-0.15, -0.1) is 0 Å². The summed E-state index contributed by atoms with van der Waals surface area (Å²) in [6.07, 6.45) is 1.94. The minimum atomic E-state index is -1.03. The van der Waals surface area contributed by atoms with Crippen LogP contribution in [0.25, 0.3) is 0 Å². The summed E-state index contributed by atoms with van der Waals surface area (Å²) in [4.78, 5) is 22.7. The summed E-state index contributed by atoms with van der Waals surface area (Å²) in [6, 6.07) is 6.04. The number of aromatic carboxylic acids is 1. The average Bonchev–Trinajstić information content (AvgIpc) is 2.92. The van der Waals surface area contributed by atoms with Crippen molar-refractivity contribution in [3.63, 3.8) is 0 Å². The topological polar surface area (TPSA) is 75.6 Å². The zero-order chi connectivity index (χ0) is 13.7. The Bertz CT molecular complexity index is 466. The molecule has 2 rings (SSSR count).